The van der Waals surface area contributed by atoms with Crippen molar-refractivity contribution >= 4 is 11.6 Å². The quantitative estimate of drug-likeness (QED) is 0.572. The smallest absolute Gasteiger partial charge is 0.403 e. The lowest BCUT2D eigenvalue weighted by Crippen LogP contribution is -2.18. The molecule has 3 aromatic rings. The molecule has 0 fully saturated rings. The highest BCUT2D eigenvalue weighted by Crippen LogP contribution is 2.31. The molecule has 0 atom stereocenters. The third-order valence-corrected chi connectivity index (χ3v) is 4.23. The van der Waals surface area contributed by atoms with E-state index in [2.05, 4.69) is 15.0 Å². The number of carbonyl (C=O) groups is 1. The first-order valence-corrected chi connectivity index (χ1v) is 8.53. The van der Waals surface area contributed by atoms with Crippen LogP contribution in [0, 0.1) is 19.7 Å². The first-order valence-electron chi connectivity index (χ1n) is 8.53. The van der Waals surface area contributed by atoms with Crippen LogP contribution in [-0.2, 0) is 0 Å². The molecule has 0 saturated carbocycles. The zero-order valence-corrected chi connectivity index (χ0v) is 15.5. The Bertz CT molecular complexity index is 1050. The maximum absolute atomic E-state index is 13.9. The van der Waals surface area contributed by atoms with Gasteiger partial charge in [-0.25, -0.2) is 4.39 Å². The molecular formula is C21H16F4N2O2. The number of pyridine rings is 1. The molecule has 0 spiro atoms. The van der Waals surface area contributed by atoms with Crippen LogP contribution >= 0.6 is 0 Å². The third kappa shape index (κ3) is 4.71. The Morgan fingerprint density at radius 1 is 1.00 bits per heavy atom. The lowest BCUT2D eigenvalue weighted by molar-refractivity contribution is -0.275. The van der Waals surface area contributed by atoms with Crippen LogP contribution in [0.25, 0.3) is 11.1 Å². The van der Waals surface area contributed by atoms with Gasteiger partial charge in [0.15, 0.2) is 11.6 Å². The van der Waals surface area contributed by atoms with Crippen LogP contribution < -0.4 is 10.1 Å². The zero-order valence-electron chi connectivity index (χ0n) is 15.5. The standard InChI is InChI=1S/C21H16F4N2O2/c1-12-3-4-13(2)19(18(12)14-7-9-26-10-8-14)20(28)27-15-5-6-17(16(22)11-15)29-21(23,24)25/h3-11H,1-2H3,(H,27,28). The fourth-order valence-electron chi connectivity index (χ4n) is 2.97. The largest absolute Gasteiger partial charge is 0.573 e. The number of halogens is 4. The predicted octanol–water partition coefficient (Wildman–Crippen LogP) is 5.66. The van der Waals surface area contributed by atoms with Gasteiger partial charge in [-0.1, -0.05) is 12.1 Å². The normalized spacial score (nSPS) is 11.2. The number of carbonyl (C=O) groups excluding carboxylic acids is 1. The molecule has 2 aromatic carbocycles. The summed E-state index contributed by atoms with van der Waals surface area (Å²) in [6.07, 6.45) is -1.80. The molecule has 0 aliphatic heterocycles. The van der Waals surface area contributed by atoms with E-state index in [9.17, 15) is 22.4 Å². The highest BCUT2D eigenvalue weighted by molar-refractivity contribution is 6.10. The zero-order chi connectivity index (χ0) is 21.2. The average Bonchev–Trinajstić information content (AvgIpc) is 2.65. The molecule has 1 heterocycles. The Labute approximate surface area is 164 Å². The molecule has 1 amide bonds. The van der Waals surface area contributed by atoms with E-state index in [1.165, 1.54) is 0 Å². The Morgan fingerprint density at radius 2 is 1.66 bits per heavy atom. The van der Waals surface area contributed by atoms with Gasteiger partial charge in [0.05, 0.1) is 5.56 Å². The van der Waals surface area contributed by atoms with Crippen molar-refractivity contribution in [2.75, 3.05) is 5.32 Å². The van der Waals surface area contributed by atoms with Gasteiger partial charge in [-0.15, -0.1) is 13.2 Å². The fourth-order valence-corrected chi connectivity index (χ4v) is 2.97. The van der Waals surface area contributed by atoms with Crippen LogP contribution in [-0.4, -0.2) is 17.3 Å². The molecule has 0 radical (unpaired) electrons. The summed E-state index contributed by atoms with van der Waals surface area (Å²) < 4.78 is 54.4. The number of hydrogen-bond acceptors (Lipinski definition) is 3. The van der Waals surface area contributed by atoms with Gasteiger partial charge in [0.2, 0.25) is 0 Å². The minimum absolute atomic E-state index is 0.00334. The molecule has 0 bridgehead atoms. The van der Waals surface area contributed by atoms with Crippen molar-refractivity contribution in [3.8, 4) is 16.9 Å². The average molecular weight is 404 g/mol. The molecule has 0 saturated heterocycles. The Hall–Kier alpha value is -3.42. The van der Waals surface area contributed by atoms with Crippen LogP contribution in [0.4, 0.5) is 23.2 Å². The van der Waals surface area contributed by atoms with Crippen LogP contribution in [0.5, 0.6) is 5.75 Å². The van der Waals surface area contributed by atoms with E-state index in [4.69, 9.17) is 0 Å². The second kappa shape index (κ2) is 7.90. The number of nitrogens with one attached hydrogen (secondary N) is 1. The lowest BCUT2D eigenvalue weighted by Gasteiger charge is -2.16. The SMILES string of the molecule is Cc1ccc(C)c(-c2ccncc2)c1C(=O)Nc1ccc(OC(F)(F)F)c(F)c1. The third-order valence-electron chi connectivity index (χ3n) is 4.23. The van der Waals surface area contributed by atoms with Gasteiger partial charge < -0.3 is 10.1 Å². The molecule has 3 rings (SSSR count). The maximum Gasteiger partial charge on any atom is 0.573 e. The monoisotopic (exact) mass is 404 g/mol. The van der Waals surface area contributed by atoms with Gasteiger partial charge >= 0.3 is 6.36 Å². The summed E-state index contributed by atoms with van der Waals surface area (Å²) in [6, 6.07) is 9.92. The Morgan fingerprint density at radius 3 is 2.28 bits per heavy atom. The van der Waals surface area contributed by atoms with Gasteiger partial charge in [-0.3, -0.25) is 9.78 Å². The summed E-state index contributed by atoms with van der Waals surface area (Å²) in [6.45, 7) is 3.62. The van der Waals surface area contributed by atoms with Gasteiger partial charge in [0.25, 0.3) is 5.91 Å². The number of alkyl halides is 3. The summed E-state index contributed by atoms with van der Waals surface area (Å²) in [7, 11) is 0. The number of anilines is 1. The molecule has 0 aliphatic rings. The van der Waals surface area contributed by atoms with Gasteiger partial charge in [0, 0.05) is 24.1 Å². The molecule has 1 aromatic heterocycles. The first-order chi connectivity index (χ1) is 13.7. The second-order valence-corrected chi connectivity index (χ2v) is 6.33. The predicted molar refractivity (Wildman–Crippen MR) is 100 cm³/mol. The molecule has 29 heavy (non-hydrogen) atoms. The van der Waals surface area contributed by atoms with Crippen molar-refractivity contribution in [3.63, 3.8) is 0 Å². The van der Waals surface area contributed by atoms with Crippen molar-refractivity contribution in [2.45, 2.75) is 20.2 Å². The molecule has 150 valence electrons. The number of aryl methyl sites for hydroxylation is 2. The maximum atomic E-state index is 13.9. The molecule has 8 heteroatoms. The van der Waals surface area contributed by atoms with Crippen LogP contribution in [0.2, 0.25) is 0 Å². The van der Waals surface area contributed by atoms with E-state index in [1.807, 2.05) is 13.0 Å². The number of nitrogens with zero attached hydrogens (tertiary/aromatic N) is 1. The highest BCUT2D eigenvalue weighted by atomic mass is 19.4. The van der Waals surface area contributed by atoms with Crippen molar-refractivity contribution in [3.05, 3.63) is 77.4 Å². The molecule has 4 nitrogen and oxygen atoms in total. The topological polar surface area (TPSA) is 51.2 Å². The first kappa shape index (κ1) is 20.3. The molecule has 0 aliphatic carbocycles. The summed E-state index contributed by atoms with van der Waals surface area (Å²) in [5, 5.41) is 2.54. The fraction of sp³-hybridized carbons (Fsp3) is 0.143. The van der Waals surface area contributed by atoms with Crippen LogP contribution in [0.3, 0.4) is 0 Å². The van der Waals surface area contributed by atoms with Gasteiger partial charge in [-0.05, 0) is 60.4 Å². The summed E-state index contributed by atoms with van der Waals surface area (Å²) in [5.74, 6) is -2.72. The van der Waals surface area contributed by atoms with Crippen molar-refractivity contribution in [2.24, 2.45) is 0 Å². The number of rotatable bonds is 4. The van der Waals surface area contributed by atoms with Crippen LogP contribution in [0.15, 0.2) is 54.9 Å². The number of ether oxygens (including phenoxy) is 1. The summed E-state index contributed by atoms with van der Waals surface area (Å²) >= 11 is 0. The molecule has 0 unspecified atom stereocenters. The highest BCUT2D eigenvalue weighted by Gasteiger charge is 2.32. The lowest BCUT2D eigenvalue weighted by atomic mass is 9.92. The van der Waals surface area contributed by atoms with Crippen molar-refractivity contribution in [1.82, 2.24) is 4.98 Å². The summed E-state index contributed by atoms with van der Waals surface area (Å²) in [4.78, 5) is 16.9. The van der Waals surface area contributed by atoms with E-state index in [0.717, 1.165) is 29.3 Å². The Kier molecular flexibility index (Phi) is 5.54. The second-order valence-electron chi connectivity index (χ2n) is 6.33. The minimum atomic E-state index is -5.01. The van der Waals surface area contributed by atoms with E-state index < -0.39 is 23.8 Å². The van der Waals surface area contributed by atoms with Crippen LogP contribution in [0.1, 0.15) is 21.5 Å². The molecular weight excluding hydrogens is 388 g/mol. The van der Waals surface area contributed by atoms with E-state index in [0.29, 0.717) is 16.7 Å². The Balaban J connectivity index is 1.94. The van der Waals surface area contributed by atoms with E-state index in [1.54, 1.807) is 37.5 Å². The molecule has 1 N–H and O–H groups in total. The number of benzene rings is 2. The van der Waals surface area contributed by atoms with Crippen molar-refractivity contribution in [1.29, 1.82) is 0 Å². The minimum Gasteiger partial charge on any atom is -0.403 e. The number of amides is 1. The van der Waals surface area contributed by atoms with Crippen molar-refractivity contribution < 1.29 is 27.1 Å². The summed E-state index contributed by atoms with van der Waals surface area (Å²) in [5.41, 5.74) is 3.41. The number of aromatic nitrogens is 1. The van der Waals surface area contributed by atoms with Gasteiger partial charge in [-0.2, -0.15) is 0 Å². The van der Waals surface area contributed by atoms with E-state index in [-0.39, 0.29) is 5.69 Å². The van der Waals surface area contributed by atoms with Gasteiger partial charge in [0.1, 0.15) is 0 Å². The number of hydrogen-bond donors (Lipinski definition) is 1. The van der Waals surface area contributed by atoms with E-state index >= 15 is 0 Å².